The normalized spacial score (nSPS) is 15.3. The maximum Gasteiger partial charge on any atom is 0.330 e. The fourth-order valence-electron chi connectivity index (χ4n) is 2.50. The monoisotopic (exact) mass is 391 g/mol. The molecular weight excluding hydrogens is 378 g/mol. The second kappa shape index (κ2) is 7.31. The van der Waals surface area contributed by atoms with Gasteiger partial charge in [-0.25, -0.2) is 17.5 Å². The molecule has 0 unspecified atom stereocenters. The summed E-state index contributed by atoms with van der Waals surface area (Å²) >= 11 is 5.85. The number of carbonyl (C=O) groups excluding carboxylic acids is 2. The minimum Gasteiger partial charge on any atom is -0.461 e. The summed E-state index contributed by atoms with van der Waals surface area (Å²) in [6.45, 7) is -0.482. The molecule has 0 atom stereocenters. The average Bonchev–Trinajstić information content (AvgIpc) is 2.81. The van der Waals surface area contributed by atoms with Crippen LogP contribution in [0.15, 0.2) is 59.5 Å². The van der Waals surface area contributed by atoms with E-state index >= 15 is 0 Å². The Morgan fingerprint density at radius 1 is 1.15 bits per heavy atom. The highest BCUT2D eigenvalue weighted by Crippen LogP contribution is 2.29. The third-order valence-electron chi connectivity index (χ3n) is 3.71. The Balaban J connectivity index is 1.59. The SMILES string of the molecule is O=C(/C=C/c1cccc(Cl)c1)OCCN1C(=O)c2ccccc2S1(=O)=O. The number of rotatable bonds is 5. The van der Waals surface area contributed by atoms with E-state index in [4.69, 9.17) is 16.3 Å². The molecule has 26 heavy (non-hydrogen) atoms. The van der Waals surface area contributed by atoms with Crippen LogP contribution >= 0.6 is 11.6 Å². The molecule has 0 N–H and O–H groups in total. The Bertz CT molecular complexity index is 1000. The second-order valence-corrected chi connectivity index (χ2v) is 7.70. The summed E-state index contributed by atoms with van der Waals surface area (Å²) in [5.74, 6) is -1.27. The van der Waals surface area contributed by atoms with E-state index in [9.17, 15) is 18.0 Å². The molecule has 0 aromatic heterocycles. The lowest BCUT2D eigenvalue weighted by atomic mass is 10.2. The van der Waals surface area contributed by atoms with E-state index in [1.165, 1.54) is 24.3 Å². The van der Waals surface area contributed by atoms with E-state index in [1.807, 2.05) is 0 Å². The average molecular weight is 392 g/mol. The molecule has 0 spiro atoms. The Morgan fingerprint density at radius 3 is 2.65 bits per heavy atom. The van der Waals surface area contributed by atoms with Crippen molar-refractivity contribution in [2.24, 2.45) is 0 Å². The van der Waals surface area contributed by atoms with Gasteiger partial charge in [-0.15, -0.1) is 0 Å². The van der Waals surface area contributed by atoms with E-state index in [1.54, 1.807) is 36.4 Å². The summed E-state index contributed by atoms with van der Waals surface area (Å²) in [6.07, 6.45) is 2.74. The summed E-state index contributed by atoms with van der Waals surface area (Å²) in [7, 11) is -3.89. The molecule has 2 aromatic rings. The number of fused-ring (bicyclic) bond motifs is 1. The molecule has 1 amide bonds. The van der Waals surface area contributed by atoms with E-state index in [0.29, 0.717) is 9.33 Å². The minimum absolute atomic E-state index is 0.0304. The number of carbonyl (C=O) groups is 2. The highest BCUT2D eigenvalue weighted by molar-refractivity contribution is 7.90. The van der Waals surface area contributed by atoms with E-state index < -0.39 is 21.9 Å². The van der Waals surface area contributed by atoms with Gasteiger partial charge >= 0.3 is 5.97 Å². The number of nitrogens with zero attached hydrogens (tertiary/aromatic N) is 1. The molecule has 1 aliphatic rings. The second-order valence-electron chi connectivity index (χ2n) is 5.43. The Morgan fingerprint density at radius 2 is 1.92 bits per heavy atom. The number of sulfonamides is 1. The lowest BCUT2D eigenvalue weighted by molar-refractivity contribution is -0.137. The van der Waals surface area contributed by atoms with Crippen LogP contribution in [0.3, 0.4) is 0 Å². The van der Waals surface area contributed by atoms with Crippen LogP contribution in [-0.4, -0.2) is 37.8 Å². The number of benzene rings is 2. The van der Waals surface area contributed by atoms with Gasteiger partial charge < -0.3 is 4.74 Å². The lowest BCUT2D eigenvalue weighted by Gasteiger charge is -2.14. The van der Waals surface area contributed by atoms with Gasteiger partial charge in [0.05, 0.1) is 12.1 Å². The van der Waals surface area contributed by atoms with Crippen LogP contribution in [0.5, 0.6) is 0 Å². The summed E-state index contributed by atoms with van der Waals surface area (Å²) < 4.78 is 30.4. The van der Waals surface area contributed by atoms with Crippen LogP contribution in [0.2, 0.25) is 5.02 Å². The first-order chi connectivity index (χ1) is 12.4. The van der Waals surface area contributed by atoms with Gasteiger partial charge in [0, 0.05) is 11.1 Å². The number of hydrogen-bond donors (Lipinski definition) is 0. The third-order valence-corrected chi connectivity index (χ3v) is 5.79. The van der Waals surface area contributed by atoms with Crippen molar-refractivity contribution in [3.8, 4) is 0 Å². The maximum absolute atomic E-state index is 12.4. The third kappa shape index (κ3) is 3.63. The van der Waals surface area contributed by atoms with Crippen molar-refractivity contribution in [2.75, 3.05) is 13.2 Å². The topological polar surface area (TPSA) is 80.8 Å². The van der Waals surface area contributed by atoms with Crippen molar-refractivity contribution in [2.45, 2.75) is 4.90 Å². The molecule has 0 saturated heterocycles. The van der Waals surface area contributed by atoms with Crippen molar-refractivity contribution in [3.63, 3.8) is 0 Å². The smallest absolute Gasteiger partial charge is 0.330 e. The van der Waals surface area contributed by atoms with Crippen molar-refractivity contribution < 1.29 is 22.7 Å². The van der Waals surface area contributed by atoms with Crippen molar-refractivity contribution in [1.29, 1.82) is 0 Å². The van der Waals surface area contributed by atoms with Crippen molar-refractivity contribution >= 4 is 39.6 Å². The van der Waals surface area contributed by atoms with Gasteiger partial charge in [0.25, 0.3) is 15.9 Å². The van der Waals surface area contributed by atoms with Gasteiger partial charge in [-0.1, -0.05) is 35.9 Å². The molecule has 1 aliphatic heterocycles. The Kier molecular flexibility index (Phi) is 5.11. The van der Waals surface area contributed by atoms with Crippen LogP contribution in [0.1, 0.15) is 15.9 Å². The zero-order valence-electron chi connectivity index (χ0n) is 13.5. The molecule has 1 heterocycles. The van der Waals surface area contributed by atoms with Crippen LogP contribution in [0.25, 0.3) is 6.08 Å². The standard InChI is InChI=1S/C18H14ClNO5S/c19-14-5-3-4-13(12-14)8-9-17(21)25-11-10-20-18(22)15-6-1-2-7-16(15)26(20,23)24/h1-9,12H,10-11H2/b9-8+. The molecule has 0 bridgehead atoms. The maximum atomic E-state index is 12.4. The molecule has 2 aromatic carbocycles. The predicted molar refractivity (Wildman–Crippen MR) is 96.1 cm³/mol. The molecule has 6 nitrogen and oxygen atoms in total. The fraction of sp³-hybridized carbons (Fsp3) is 0.111. The molecule has 0 fully saturated rings. The summed E-state index contributed by atoms with van der Waals surface area (Å²) in [5.41, 5.74) is 0.849. The first-order valence-corrected chi connectivity index (χ1v) is 9.48. The van der Waals surface area contributed by atoms with Crippen LogP contribution < -0.4 is 0 Å². The summed E-state index contributed by atoms with van der Waals surface area (Å²) in [4.78, 5) is 23.9. The first-order valence-electron chi connectivity index (χ1n) is 7.66. The molecule has 0 saturated carbocycles. The quantitative estimate of drug-likeness (QED) is 0.578. The summed E-state index contributed by atoms with van der Waals surface area (Å²) in [6, 6.07) is 12.9. The van der Waals surface area contributed by atoms with Crippen LogP contribution in [0, 0.1) is 0 Å². The number of hydrogen-bond acceptors (Lipinski definition) is 5. The molecule has 0 aliphatic carbocycles. The zero-order chi connectivity index (χ0) is 18.7. The number of esters is 1. The van der Waals surface area contributed by atoms with Crippen molar-refractivity contribution in [3.05, 3.63) is 70.8 Å². The van der Waals surface area contributed by atoms with Crippen molar-refractivity contribution in [1.82, 2.24) is 4.31 Å². The van der Waals surface area contributed by atoms with Crippen LogP contribution in [0.4, 0.5) is 0 Å². The van der Waals surface area contributed by atoms with Gasteiger partial charge in [-0.2, -0.15) is 0 Å². The Hall–Kier alpha value is -2.64. The number of halogens is 1. The first kappa shape index (κ1) is 18.2. The van der Waals surface area contributed by atoms with E-state index in [2.05, 4.69) is 0 Å². The van der Waals surface area contributed by atoms with Gasteiger partial charge in [0.2, 0.25) is 0 Å². The van der Waals surface area contributed by atoms with E-state index in [0.717, 1.165) is 5.56 Å². The zero-order valence-corrected chi connectivity index (χ0v) is 15.0. The highest BCUT2D eigenvalue weighted by atomic mass is 35.5. The van der Waals surface area contributed by atoms with Crippen LogP contribution in [-0.2, 0) is 19.6 Å². The van der Waals surface area contributed by atoms with Gasteiger partial charge in [-0.05, 0) is 35.9 Å². The highest BCUT2D eigenvalue weighted by Gasteiger charge is 2.40. The summed E-state index contributed by atoms with van der Waals surface area (Å²) in [5, 5.41) is 0.540. The molecular formula is C18H14ClNO5S. The lowest BCUT2D eigenvalue weighted by Crippen LogP contribution is -2.33. The fourth-order valence-corrected chi connectivity index (χ4v) is 4.26. The number of amides is 1. The Labute approximate surface area is 155 Å². The molecule has 0 radical (unpaired) electrons. The largest absolute Gasteiger partial charge is 0.461 e. The van der Waals surface area contributed by atoms with Gasteiger partial charge in [-0.3, -0.25) is 4.79 Å². The molecule has 3 rings (SSSR count). The van der Waals surface area contributed by atoms with Gasteiger partial charge in [0.1, 0.15) is 11.5 Å². The number of ether oxygens (including phenoxy) is 1. The predicted octanol–water partition coefficient (Wildman–Crippen LogP) is 2.74. The van der Waals surface area contributed by atoms with E-state index in [-0.39, 0.29) is 23.6 Å². The van der Waals surface area contributed by atoms with Gasteiger partial charge in [0.15, 0.2) is 0 Å². The molecule has 134 valence electrons. The molecule has 8 heteroatoms. The minimum atomic E-state index is -3.89.